The number of nitrogens with zero attached hydrogens (tertiary/aromatic N) is 4. The summed E-state index contributed by atoms with van der Waals surface area (Å²) < 4.78 is 0. The molecular weight excluding hydrogens is 585 g/mol. The summed E-state index contributed by atoms with van der Waals surface area (Å²) in [5.41, 5.74) is 8.30. The zero-order chi connectivity index (χ0) is 31.6. The summed E-state index contributed by atoms with van der Waals surface area (Å²) >= 11 is 0. The fourth-order valence-electron chi connectivity index (χ4n) is 7.47. The van der Waals surface area contributed by atoms with Crippen LogP contribution >= 0.6 is 0 Å². The van der Waals surface area contributed by atoms with E-state index in [0.717, 1.165) is 50.1 Å². The first-order chi connectivity index (χ1) is 23.8. The van der Waals surface area contributed by atoms with Crippen LogP contribution in [0.4, 0.5) is 0 Å². The third-order valence-corrected chi connectivity index (χ3v) is 9.64. The van der Waals surface area contributed by atoms with Gasteiger partial charge < -0.3 is 0 Å². The van der Waals surface area contributed by atoms with Crippen LogP contribution in [-0.2, 0) is 0 Å². The molecule has 0 N–H and O–H groups in total. The lowest BCUT2D eigenvalue weighted by atomic mass is 9.87. The van der Waals surface area contributed by atoms with E-state index in [2.05, 4.69) is 137 Å². The summed E-state index contributed by atoms with van der Waals surface area (Å²) in [6.07, 6.45) is 9.13. The van der Waals surface area contributed by atoms with Crippen LogP contribution in [-0.4, -0.2) is 19.9 Å². The average molecular weight is 611 g/mol. The molecule has 0 aliphatic carbocycles. The Morgan fingerprint density at radius 3 is 1.50 bits per heavy atom. The standard InChI is InChI=1S/C44H26N4/c1-3-7-35-27(5-1)17-19-47-43(35)32-23-31(24-33(25-32)44-36-8-4-2-6-28(36)18-20-48-44)34-13-9-29-12-16-39-37(40-26-45-21-22-46-40)14-10-30-11-15-38(34)41(29)42(30)39/h1-26H. The summed E-state index contributed by atoms with van der Waals surface area (Å²) in [6, 6.07) is 45.8. The van der Waals surface area contributed by atoms with Crippen molar-refractivity contribution in [3.05, 3.63) is 158 Å². The van der Waals surface area contributed by atoms with Gasteiger partial charge in [0.2, 0.25) is 0 Å². The van der Waals surface area contributed by atoms with Gasteiger partial charge in [0.1, 0.15) is 0 Å². The number of rotatable bonds is 4. The minimum absolute atomic E-state index is 0.873. The first kappa shape index (κ1) is 26.7. The summed E-state index contributed by atoms with van der Waals surface area (Å²) in [5.74, 6) is 0. The van der Waals surface area contributed by atoms with Gasteiger partial charge in [-0.1, -0.05) is 97.1 Å². The highest BCUT2D eigenvalue weighted by Crippen LogP contribution is 2.44. The largest absolute Gasteiger partial charge is 0.261 e. The molecule has 0 amide bonds. The molecule has 4 nitrogen and oxygen atoms in total. The van der Waals surface area contributed by atoms with Crippen LogP contribution in [0.3, 0.4) is 0 Å². The molecule has 0 spiro atoms. The molecule has 0 aliphatic rings. The number of hydrogen-bond acceptors (Lipinski definition) is 4. The topological polar surface area (TPSA) is 51.6 Å². The lowest BCUT2D eigenvalue weighted by Crippen LogP contribution is -1.93. The molecule has 10 aromatic rings. The number of benzene rings is 7. The van der Waals surface area contributed by atoms with Crippen molar-refractivity contribution in [2.45, 2.75) is 0 Å². The Morgan fingerprint density at radius 2 is 0.896 bits per heavy atom. The van der Waals surface area contributed by atoms with E-state index in [1.165, 1.54) is 48.7 Å². The maximum atomic E-state index is 4.95. The maximum absolute atomic E-state index is 4.95. The van der Waals surface area contributed by atoms with Crippen molar-refractivity contribution in [3.8, 4) is 44.9 Å². The van der Waals surface area contributed by atoms with Crippen LogP contribution in [0.15, 0.2) is 158 Å². The number of fused-ring (bicyclic) bond motifs is 2. The van der Waals surface area contributed by atoms with Gasteiger partial charge in [0.25, 0.3) is 0 Å². The van der Waals surface area contributed by atoms with Crippen LogP contribution in [0.5, 0.6) is 0 Å². The second kappa shape index (κ2) is 10.5. The maximum Gasteiger partial charge on any atom is 0.0891 e. The van der Waals surface area contributed by atoms with Gasteiger partial charge in [-0.05, 0) is 84.5 Å². The predicted molar refractivity (Wildman–Crippen MR) is 198 cm³/mol. The molecule has 0 radical (unpaired) electrons. The Hall–Kier alpha value is -6.52. The molecule has 0 saturated heterocycles. The molecule has 4 heteroatoms. The van der Waals surface area contributed by atoms with E-state index >= 15 is 0 Å². The Bertz CT molecular complexity index is 2730. The van der Waals surface area contributed by atoms with Gasteiger partial charge >= 0.3 is 0 Å². The molecule has 7 aromatic carbocycles. The highest BCUT2D eigenvalue weighted by molar-refractivity contribution is 6.27. The summed E-state index contributed by atoms with van der Waals surface area (Å²) in [7, 11) is 0. The SMILES string of the molecule is c1ccc2c(-c3cc(-c4nccc5ccccc45)cc(-c4ccc5ccc6c(-c7cnccn7)ccc7ccc4c5c76)c3)nccc2c1. The number of pyridine rings is 2. The van der Waals surface area contributed by atoms with Gasteiger partial charge in [0.05, 0.1) is 23.3 Å². The molecule has 0 atom stereocenters. The van der Waals surface area contributed by atoms with Gasteiger partial charge in [-0.25, -0.2) is 0 Å². The molecule has 3 aromatic heterocycles. The lowest BCUT2D eigenvalue weighted by molar-refractivity contribution is 1.21. The second-order valence-electron chi connectivity index (χ2n) is 12.3. The van der Waals surface area contributed by atoms with Gasteiger partial charge in [-0.2, -0.15) is 0 Å². The molecule has 0 bridgehead atoms. The van der Waals surface area contributed by atoms with E-state index in [9.17, 15) is 0 Å². The Kier molecular flexibility index (Phi) is 5.84. The Morgan fingerprint density at radius 1 is 0.354 bits per heavy atom. The lowest BCUT2D eigenvalue weighted by Gasteiger charge is -2.17. The molecule has 48 heavy (non-hydrogen) atoms. The van der Waals surface area contributed by atoms with Crippen LogP contribution in [0, 0.1) is 0 Å². The van der Waals surface area contributed by atoms with Crippen molar-refractivity contribution in [2.24, 2.45) is 0 Å². The van der Waals surface area contributed by atoms with Crippen LogP contribution in [0.25, 0.3) is 98.8 Å². The van der Waals surface area contributed by atoms with Crippen molar-refractivity contribution in [3.63, 3.8) is 0 Å². The van der Waals surface area contributed by atoms with Crippen molar-refractivity contribution in [2.75, 3.05) is 0 Å². The smallest absolute Gasteiger partial charge is 0.0891 e. The van der Waals surface area contributed by atoms with Crippen LogP contribution in [0.1, 0.15) is 0 Å². The van der Waals surface area contributed by atoms with Crippen molar-refractivity contribution >= 4 is 53.9 Å². The molecular formula is C44H26N4. The Labute approximate surface area is 276 Å². The summed E-state index contributed by atoms with van der Waals surface area (Å²) in [5, 5.41) is 11.9. The van der Waals surface area contributed by atoms with Crippen molar-refractivity contribution in [1.29, 1.82) is 0 Å². The van der Waals surface area contributed by atoms with Crippen molar-refractivity contribution < 1.29 is 0 Å². The fourth-order valence-corrected chi connectivity index (χ4v) is 7.47. The van der Waals surface area contributed by atoms with E-state index in [1.54, 1.807) is 12.4 Å². The first-order valence-electron chi connectivity index (χ1n) is 16.1. The third kappa shape index (κ3) is 4.10. The highest BCUT2D eigenvalue weighted by atomic mass is 14.8. The number of hydrogen-bond donors (Lipinski definition) is 0. The first-order valence-corrected chi connectivity index (χ1v) is 16.1. The number of aromatic nitrogens is 4. The predicted octanol–water partition coefficient (Wildman–Crippen LogP) is 11.1. The quantitative estimate of drug-likeness (QED) is 0.186. The zero-order valence-corrected chi connectivity index (χ0v) is 25.8. The monoisotopic (exact) mass is 610 g/mol. The zero-order valence-electron chi connectivity index (χ0n) is 25.8. The van der Waals surface area contributed by atoms with E-state index < -0.39 is 0 Å². The minimum atomic E-state index is 0.873. The molecule has 10 rings (SSSR count). The third-order valence-electron chi connectivity index (χ3n) is 9.64. The van der Waals surface area contributed by atoms with Gasteiger partial charge in [0.15, 0.2) is 0 Å². The minimum Gasteiger partial charge on any atom is -0.261 e. The highest BCUT2D eigenvalue weighted by Gasteiger charge is 2.18. The van der Waals surface area contributed by atoms with Crippen LogP contribution < -0.4 is 0 Å². The van der Waals surface area contributed by atoms with Crippen LogP contribution in [0.2, 0.25) is 0 Å². The molecule has 222 valence electrons. The molecule has 0 saturated carbocycles. The normalized spacial score (nSPS) is 11.8. The fraction of sp³-hybridized carbons (Fsp3) is 0. The average Bonchev–Trinajstić information content (AvgIpc) is 3.16. The molecule has 3 heterocycles. The Balaban J connectivity index is 1.27. The van der Waals surface area contributed by atoms with Gasteiger partial charge in [-0.15, -0.1) is 0 Å². The second-order valence-corrected chi connectivity index (χ2v) is 12.3. The van der Waals surface area contributed by atoms with Gasteiger partial charge in [0, 0.05) is 52.3 Å². The molecule has 0 unspecified atom stereocenters. The van der Waals surface area contributed by atoms with Crippen molar-refractivity contribution in [1.82, 2.24) is 19.9 Å². The van der Waals surface area contributed by atoms with E-state index in [0.29, 0.717) is 0 Å². The molecule has 0 fully saturated rings. The summed E-state index contributed by atoms with van der Waals surface area (Å²) in [6.45, 7) is 0. The van der Waals surface area contributed by atoms with E-state index in [1.807, 2.05) is 18.6 Å². The summed E-state index contributed by atoms with van der Waals surface area (Å²) in [4.78, 5) is 18.9. The van der Waals surface area contributed by atoms with E-state index in [4.69, 9.17) is 9.97 Å². The van der Waals surface area contributed by atoms with E-state index in [-0.39, 0.29) is 0 Å². The van der Waals surface area contributed by atoms with Gasteiger partial charge in [-0.3, -0.25) is 19.9 Å². The molecule has 0 aliphatic heterocycles.